The highest BCUT2D eigenvalue weighted by Crippen LogP contribution is 2.29. The van der Waals surface area contributed by atoms with Gasteiger partial charge in [0.25, 0.3) is 5.91 Å². The topological polar surface area (TPSA) is 58.1 Å². The quantitative estimate of drug-likeness (QED) is 0.479. The van der Waals surface area contributed by atoms with E-state index in [1.54, 1.807) is 0 Å². The molecule has 1 aliphatic rings. The number of hydrogen-bond acceptors (Lipinski definition) is 4. The molecule has 0 spiro atoms. The van der Waals surface area contributed by atoms with Gasteiger partial charge in [0.15, 0.2) is 0 Å². The van der Waals surface area contributed by atoms with Crippen molar-refractivity contribution in [3.05, 3.63) is 83.9 Å². The van der Waals surface area contributed by atoms with Gasteiger partial charge in [-0.2, -0.15) is 0 Å². The number of hydrogen-bond donors (Lipinski definition) is 1. The van der Waals surface area contributed by atoms with Crippen molar-refractivity contribution in [2.75, 3.05) is 18.4 Å². The zero-order valence-corrected chi connectivity index (χ0v) is 17.5. The van der Waals surface area contributed by atoms with Gasteiger partial charge in [-0.3, -0.25) is 4.79 Å². The molecule has 5 heteroatoms. The highest BCUT2D eigenvalue weighted by atomic mass is 16.2. The molecule has 5 rings (SSSR count). The fourth-order valence-corrected chi connectivity index (χ4v) is 4.04. The van der Waals surface area contributed by atoms with Gasteiger partial charge < -0.3 is 10.2 Å². The van der Waals surface area contributed by atoms with E-state index in [9.17, 15) is 4.79 Å². The average molecular weight is 409 g/mol. The standard InChI is InChI=1S/C26H24N4O/c1-18-9-14-23-22(17-18)24(19-7-3-2-4-8-19)29-26(28-23)27-21-12-10-20(11-13-21)25(31)30-15-5-6-16-30/h2-4,7-14,17H,5-6,15-16H2,1H3,(H,27,28,29). The Balaban J connectivity index is 1.46. The predicted octanol–water partition coefficient (Wildman–Crippen LogP) is 5.58. The molecule has 154 valence electrons. The minimum Gasteiger partial charge on any atom is -0.339 e. The first-order valence-corrected chi connectivity index (χ1v) is 10.7. The van der Waals surface area contributed by atoms with E-state index >= 15 is 0 Å². The molecule has 5 nitrogen and oxygen atoms in total. The predicted molar refractivity (Wildman–Crippen MR) is 125 cm³/mol. The van der Waals surface area contributed by atoms with Crippen LogP contribution in [0, 0.1) is 6.92 Å². The molecule has 0 radical (unpaired) electrons. The molecule has 1 aromatic heterocycles. The van der Waals surface area contributed by atoms with Gasteiger partial charge in [-0.15, -0.1) is 0 Å². The second-order valence-electron chi connectivity index (χ2n) is 7.98. The third-order valence-electron chi connectivity index (χ3n) is 5.68. The molecule has 31 heavy (non-hydrogen) atoms. The van der Waals surface area contributed by atoms with Crippen molar-refractivity contribution in [3.8, 4) is 11.3 Å². The van der Waals surface area contributed by atoms with Crippen molar-refractivity contribution >= 4 is 28.4 Å². The largest absolute Gasteiger partial charge is 0.339 e. The first-order chi connectivity index (χ1) is 15.2. The Hall–Kier alpha value is -3.73. The lowest BCUT2D eigenvalue weighted by molar-refractivity contribution is 0.0793. The summed E-state index contributed by atoms with van der Waals surface area (Å²) >= 11 is 0. The highest BCUT2D eigenvalue weighted by Gasteiger charge is 2.19. The van der Waals surface area contributed by atoms with Gasteiger partial charge in [0.05, 0.1) is 11.2 Å². The molecule has 4 aromatic rings. The molecule has 0 saturated carbocycles. The number of anilines is 2. The van der Waals surface area contributed by atoms with Crippen molar-refractivity contribution in [1.29, 1.82) is 0 Å². The molecule has 0 unspecified atom stereocenters. The van der Waals surface area contributed by atoms with E-state index < -0.39 is 0 Å². The number of rotatable bonds is 4. The van der Waals surface area contributed by atoms with Crippen LogP contribution in [0.3, 0.4) is 0 Å². The number of carbonyl (C=O) groups excluding carboxylic acids is 1. The molecule has 3 aromatic carbocycles. The summed E-state index contributed by atoms with van der Waals surface area (Å²) in [6, 6.07) is 23.9. The van der Waals surface area contributed by atoms with E-state index in [0.29, 0.717) is 11.5 Å². The number of benzene rings is 3. The number of amides is 1. The van der Waals surface area contributed by atoms with Gasteiger partial charge in [-0.05, 0) is 56.2 Å². The molecular formula is C26H24N4O. The van der Waals surface area contributed by atoms with Crippen molar-refractivity contribution in [2.45, 2.75) is 19.8 Å². The minimum absolute atomic E-state index is 0.104. The van der Waals surface area contributed by atoms with Gasteiger partial charge >= 0.3 is 0 Å². The number of fused-ring (bicyclic) bond motifs is 1. The van der Waals surface area contributed by atoms with Crippen LogP contribution in [-0.4, -0.2) is 33.9 Å². The molecule has 0 bridgehead atoms. The molecule has 1 amide bonds. The van der Waals surface area contributed by atoms with Crippen LogP contribution >= 0.6 is 0 Å². The van der Waals surface area contributed by atoms with Gasteiger partial charge in [0.2, 0.25) is 5.95 Å². The summed E-state index contributed by atoms with van der Waals surface area (Å²) in [5, 5.41) is 4.34. The molecule has 1 N–H and O–H groups in total. The summed E-state index contributed by atoms with van der Waals surface area (Å²) in [5.74, 6) is 0.640. The van der Waals surface area contributed by atoms with Crippen LogP contribution in [0.4, 0.5) is 11.6 Å². The summed E-state index contributed by atoms with van der Waals surface area (Å²) in [7, 11) is 0. The van der Waals surface area contributed by atoms with Crippen molar-refractivity contribution in [2.24, 2.45) is 0 Å². The van der Waals surface area contributed by atoms with E-state index in [0.717, 1.165) is 53.8 Å². The normalized spacial score (nSPS) is 13.5. The molecule has 1 fully saturated rings. The second-order valence-corrected chi connectivity index (χ2v) is 7.98. The van der Waals surface area contributed by atoms with Crippen LogP contribution in [-0.2, 0) is 0 Å². The Morgan fingerprint density at radius 3 is 2.39 bits per heavy atom. The first kappa shape index (κ1) is 19.2. The molecule has 1 saturated heterocycles. The Morgan fingerprint density at radius 1 is 0.903 bits per heavy atom. The van der Waals surface area contributed by atoms with Crippen molar-refractivity contribution in [1.82, 2.24) is 14.9 Å². The maximum atomic E-state index is 12.6. The summed E-state index contributed by atoms with van der Waals surface area (Å²) < 4.78 is 0. The zero-order chi connectivity index (χ0) is 21.2. The fraction of sp³-hybridized carbons (Fsp3) is 0.192. The van der Waals surface area contributed by atoms with E-state index in [4.69, 9.17) is 9.97 Å². The Kier molecular flexibility index (Phi) is 5.08. The summed E-state index contributed by atoms with van der Waals surface area (Å²) in [5.41, 5.74) is 5.58. The maximum Gasteiger partial charge on any atom is 0.253 e. The first-order valence-electron chi connectivity index (χ1n) is 10.7. The van der Waals surface area contributed by atoms with Crippen LogP contribution in [0.5, 0.6) is 0 Å². The Morgan fingerprint density at radius 2 is 1.65 bits per heavy atom. The zero-order valence-electron chi connectivity index (χ0n) is 17.5. The minimum atomic E-state index is 0.104. The monoisotopic (exact) mass is 408 g/mol. The maximum absolute atomic E-state index is 12.6. The SMILES string of the molecule is Cc1ccc2nc(Nc3ccc(C(=O)N4CCCC4)cc3)nc(-c3ccccc3)c2c1. The van der Waals surface area contributed by atoms with E-state index in [-0.39, 0.29) is 5.91 Å². The summed E-state index contributed by atoms with van der Waals surface area (Å²) in [4.78, 5) is 24.0. The van der Waals surface area contributed by atoms with E-state index in [2.05, 4.69) is 36.5 Å². The van der Waals surface area contributed by atoms with Crippen LogP contribution in [0.1, 0.15) is 28.8 Å². The van der Waals surface area contributed by atoms with Gasteiger partial charge in [0, 0.05) is 35.3 Å². The van der Waals surface area contributed by atoms with Crippen LogP contribution in [0.25, 0.3) is 22.2 Å². The van der Waals surface area contributed by atoms with Gasteiger partial charge in [-0.1, -0.05) is 42.0 Å². The van der Waals surface area contributed by atoms with Gasteiger partial charge in [-0.25, -0.2) is 9.97 Å². The number of nitrogens with zero attached hydrogens (tertiary/aromatic N) is 3. The smallest absolute Gasteiger partial charge is 0.253 e. The number of aromatic nitrogens is 2. The highest BCUT2D eigenvalue weighted by molar-refractivity contribution is 5.95. The average Bonchev–Trinajstić information content (AvgIpc) is 3.34. The van der Waals surface area contributed by atoms with Crippen molar-refractivity contribution in [3.63, 3.8) is 0 Å². The van der Waals surface area contributed by atoms with Crippen LogP contribution in [0.2, 0.25) is 0 Å². The Labute approximate surface area is 181 Å². The van der Waals surface area contributed by atoms with Crippen molar-refractivity contribution < 1.29 is 4.79 Å². The fourth-order valence-electron chi connectivity index (χ4n) is 4.04. The molecular weight excluding hydrogens is 384 g/mol. The lowest BCUT2D eigenvalue weighted by Gasteiger charge is -2.15. The summed E-state index contributed by atoms with van der Waals surface area (Å²) in [6.07, 6.45) is 2.18. The van der Waals surface area contributed by atoms with E-state index in [1.807, 2.05) is 53.4 Å². The molecule has 0 atom stereocenters. The third kappa shape index (κ3) is 3.99. The number of nitrogens with one attached hydrogen (secondary N) is 1. The van der Waals surface area contributed by atoms with Crippen LogP contribution < -0.4 is 5.32 Å². The summed E-state index contributed by atoms with van der Waals surface area (Å²) in [6.45, 7) is 3.78. The van der Waals surface area contributed by atoms with Gasteiger partial charge in [0.1, 0.15) is 0 Å². The lowest BCUT2D eigenvalue weighted by Crippen LogP contribution is -2.27. The second kappa shape index (κ2) is 8.19. The molecule has 2 heterocycles. The number of likely N-dealkylation sites (tertiary alicyclic amines) is 1. The lowest BCUT2D eigenvalue weighted by atomic mass is 10.0. The van der Waals surface area contributed by atoms with E-state index in [1.165, 1.54) is 5.56 Å². The van der Waals surface area contributed by atoms with Crippen LogP contribution in [0.15, 0.2) is 72.8 Å². The Bertz CT molecular complexity index is 1230. The number of carbonyl (C=O) groups is 1. The third-order valence-corrected chi connectivity index (χ3v) is 5.68. The molecule has 1 aliphatic heterocycles. The number of aryl methyl sites for hydroxylation is 1. The molecule has 0 aliphatic carbocycles.